The van der Waals surface area contributed by atoms with Crippen LogP contribution in [0.4, 0.5) is 4.39 Å². The molecule has 3 aliphatic heterocycles. The number of allylic oxidation sites excluding steroid dienone is 1. The SMILES string of the molecule is CCC/C(=C\c1ccc(O)c(F)c1)CC[C@H]1OB(O)C[C@H]2C1=C(COC)C[C@H]1C(=O)N(C3CCN(Cc4ccccc4)CC3)C(=O)[C@H]12. The Hall–Kier alpha value is -3.31. The van der Waals surface area contributed by atoms with Gasteiger partial charge in [0.1, 0.15) is 0 Å². The minimum atomic E-state index is -1.04. The number of halogens is 1. The van der Waals surface area contributed by atoms with Gasteiger partial charge in [0.2, 0.25) is 11.8 Å². The summed E-state index contributed by atoms with van der Waals surface area (Å²) in [6.07, 6.45) is 6.70. The number of carbonyl (C=O) groups is 2. The maximum Gasteiger partial charge on any atom is 0.455 e. The van der Waals surface area contributed by atoms with E-state index >= 15 is 0 Å². The van der Waals surface area contributed by atoms with Crippen LogP contribution >= 0.6 is 0 Å². The van der Waals surface area contributed by atoms with Crippen LogP contribution in [-0.4, -0.2) is 77.8 Å². The number of carbonyl (C=O) groups excluding carboxylic acids is 2. The monoisotopic (exact) mass is 644 g/mol. The molecule has 1 aliphatic carbocycles. The van der Waals surface area contributed by atoms with Gasteiger partial charge in [-0.05, 0) is 85.2 Å². The molecule has 0 unspecified atom stereocenters. The summed E-state index contributed by atoms with van der Waals surface area (Å²) in [7, 11) is 0.595. The van der Waals surface area contributed by atoms with Crippen LogP contribution in [0.2, 0.25) is 6.32 Å². The van der Waals surface area contributed by atoms with E-state index in [0.29, 0.717) is 31.4 Å². The topological polar surface area (TPSA) is 99.5 Å². The highest BCUT2D eigenvalue weighted by Crippen LogP contribution is 2.51. The number of hydrogen-bond donors (Lipinski definition) is 2. The van der Waals surface area contributed by atoms with E-state index in [1.807, 2.05) is 24.3 Å². The summed E-state index contributed by atoms with van der Waals surface area (Å²) in [6.45, 7) is 4.94. The molecule has 0 aromatic heterocycles. The molecule has 8 nitrogen and oxygen atoms in total. The maximum absolute atomic E-state index is 14.2. The fraction of sp³-hybridized carbons (Fsp3) is 0.514. The first-order chi connectivity index (χ1) is 22.8. The van der Waals surface area contributed by atoms with Crippen LogP contribution in [0.15, 0.2) is 65.3 Å². The number of phenolic OH excluding ortho intramolecular Hbond substituents is 1. The molecule has 0 saturated carbocycles. The number of piperidine rings is 1. The number of phenols is 1. The quantitative estimate of drug-likeness (QED) is 0.187. The Bertz CT molecular complexity index is 1510. The normalized spacial score (nSPS) is 25.8. The number of rotatable bonds is 11. The Morgan fingerprint density at radius 1 is 1.09 bits per heavy atom. The van der Waals surface area contributed by atoms with Crippen LogP contribution in [0.25, 0.3) is 6.08 Å². The highest BCUT2D eigenvalue weighted by molar-refractivity contribution is 6.43. The number of nitrogens with zero attached hydrogens (tertiary/aromatic N) is 2. The van der Waals surface area contributed by atoms with Crippen molar-refractivity contribution in [3.63, 3.8) is 0 Å². The van der Waals surface area contributed by atoms with Crippen molar-refractivity contribution in [2.75, 3.05) is 26.8 Å². The molecule has 4 atom stereocenters. The zero-order valence-corrected chi connectivity index (χ0v) is 27.4. The number of hydrogen-bond acceptors (Lipinski definition) is 7. The van der Waals surface area contributed by atoms with Gasteiger partial charge in [-0.2, -0.15) is 0 Å². The van der Waals surface area contributed by atoms with Crippen LogP contribution in [-0.2, 0) is 25.5 Å². The molecule has 3 saturated heterocycles. The molecule has 0 spiro atoms. The first-order valence-electron chi connectivity index (χ1n) is 17.1. The first kappa shape index (κ1) is 33.6. The second-order valence-electron chi connectivity index (χ2n) is 13.6. The third-order valence-corrected chi connectivity index (χ3v) is 10.5. The van der Waals surface area contributed by atoms with E-state index in [4.69, 9.17) is 9.39 Å². The Morgan fingerprint density at radius 3 is 2.55 bits per heavy atom. The van der Waals surface area contributed by atoms with Crippen LogP contribution < -0.4 is 0 Å². The highest BCUT2D eigenvalue weighted by atomic mass is 19.1. The summed E-state index contributed by atoms with van der Waals surface area (Å²) in [4.78, 5) is 32.2. The molecule has 2 aromatic carbocycles. The molecule has 2 aromatic rings. The van der Waals surface area contributed by atoms with Gasteiger partial charge in [-0.15, -0.1) is 0 Å². The number of likely N-dealkylation sites (tertiary alicyclic amines) is 2. The molecule has 6 rings (SSSR count). The Kier molecular flexibility index (Phi) is 10.6. The van der Waals surface area contributed by atoms with Crippen LogP contribution in [0.1, 0.15) is 63.0 Å². The molecule has 4 aliphatic rings. The van der Waals surface area contributed by atoms with Gasteiger partial charge < -0.3 is 19.5 Å². The van der Waals surface area contributed by atoms with Gasteiger partial charge >= 0.3 is 7.12 Å². The molecule has 0 radical (unpaired) electrons. The van der Waals surface area contributed by atoms with Gasteiger partial charge in [0, 0.05) is 32.8 Å². The van der Waals surface area contributed by atoms with Crippen LogP contribution in [0.5, 0.6) is 5.75 Å². The van der Waals surface area contributed by atoms with Crippen LogP contribution in [0.3, 0.4) is 0 Å². The highest BCUT2D eigenvalue weighted by Gasteiger charge is 2.58. The number of fused-ring (bicyclic) bond motifs is 3. The van der Waals surface area contributed by atoms with E-state index in [1.54, 1.807) is 18.1 Å². The summed E-state index contributed by atoms with van der Waals surface area (Å²) in [5, 5.41) is 20.6. The molecule has 3 heterocycles. The third-order valence-electron chi connectivity index (χ3n) is 10.5. The Balaban J connectivity index is 1.19. The fourth-order valence-electron chi connectivity index (χ4n) is 8.39. The summed E-state index contributed by atoms with van der Waals surface area (Å²) in [5.74, 6) is -2.48. The molecule has 0 bridgehead atoms. The predicted molar refractivity (Wildman–Crippen MR) is 178 cm³/mol. The smallest absolute Gasteiger partial charge is 0.455 e. The second-order valence-corrected chi connectivity index (χ2v) is 13.6. The number of methoxy groups -OCH3 is 1. The minimum Gasteiger partial charge on any atom is -0.505 e. The molecule has 10 heteroatoms. The molecule has 250 valence electrons. The van der Waals surface area contributed by atoms with E-state index in [9.17, 15) is 24.1 Å². The number of ether oxygens (including phenoxy) is 1. The number of benzene rings is 2. The van der Waals surface area contributed by atoms with Crippen molar-refractivity contribution in [1.29, 1.82) is 0 Å². The number of amides is 2. The van der Waals surface area contributed by atoms with E-state index in [1.165, 1.54) is 17.7 Å². The molecule has 47 heavy (non-hydrogen) atoms. The van der Waals surface area contributed by atoms with Crippen molar-refractivity contribution in [3.8, 4) is 5.75 Å². The summed E-state index contributed by atoms with van der Waals surface area (Å²) in [6, 6.07) is 14.6. The molecule has 3 fully saturated rings. The predicted octanol–water partition coefficient (Wildman–Crippen LogP) is 5.60. The lowest BCUT2D eigenvalue weighted by atomic mass is 9.58. The molecular weight excluding hydrogens is 598 g/mol. The number of aromatic hydroxyl groups is 1. The molecule has 2 amide bonds. The average molecular weight is 645 g/mol. The summed E-state index contributed by atoms with van der Waals surface area (Å²) < 4.78 is 25.8. The zero-order chi connectivity index (χ0) is 33.1. The third kappa shape index (κ3) is 7.26. The average Bonchev–Trinajstić information content (AvgIpc) is 3.31. The molecule has 2 N–H and O–H groups in total. The summed E-state index contributed by atoms with van der Waals surface area (Å²) in [5.41, 5.74) is 5.04. The number of imide groups is 1. The Morgan fingerprint density at radius 2 is 1.85 bits per heavy atom. The largest absolute Gasteiger partial charge is 0.505 e. The maximum atomic E-state index is 14.2. The minimum absolute atomic E-state index is 0.0824. The van der Waals surface area contributed by atoms with Gasteiger partial charge in [0.25, 0.3) is 0 Å². The van der Waals surface area contributed by atoms with Crippen molar-refractivity contribution in [2.45, 2.75) is 76.9 Å². The zero-order valence-electron chi connectivity index (χ0n) is 27.4. The van der Waals surface area contributed by atoms with Gasteiger partial charge in [0.05, 0.1) is 24.5 Å². The Labute approximate surface area is 277 Å². The van der Waals surface area contributed by atoms with E-state index in [-0.39, 0.29) is 35.8 Å². The van der Waals surface area contributed by atoms with Crippen molar-refractivity contribution in [3.05, 3.63) is 82.2 Å². The second kappa shape index (κ2) is 14.9. The van der Waals surface area contributed by atoms with E-state index in [2.05, 4.69) is 24.0 Å². The lowest BCUT2D eigenvalue weighted by Gasteiger charge is -2.43. The molecular formula is C37H46BFN2O6. The van der Waals surface area contributed by atoms with Crippen molar-refractivity contribution >= 4 is 25.0 Å². The van der Waals surface area contributed by atoms with Gasteiger partial charge in [-0.25, -0.2) is 4.39 Å². The van der Waals surface area contributed by atoms with Gasteiger partial charge in [0.15, 0.2) is 11.6 Å². The van der Waals surface area contributed by atoms with Gasteiger partial charge in [-0.1, -0.05) is 61.4 Å². The lowest BCUT2D eigenvalue weighted by molar-refractivity contribution is -0.144. The van der Waals surface area contributed by atoms with E-state index in [0.717, 1.165) is 62.0 Å². The lowest BCUT2D eigenvalue weighted by Crippen LogP contribution is -2.48. The van der Waals surface area contributed by atoms with Crippen LogP contribution in [0, 0.1) is 23.6 Å². The summed E-state index contributed by atoms with van der Waals surface area (Å²) >= 11 is 0. The van der Waals surface area contributed by atoms with Crippen molar-refractivity contribution in [2.24, 2.45) is 17.8 Å². The van der Waals surface area contributed by atoms with Gasteiger partial charge in [-0.3, -0.25) is 19.4 Å². The standard InChI is InChI=1S/C37H46BFN2O6/c1-3-7-24(18-26-10-12-32(42)31(39)19-26)11-13-33-34-27(23-46-2)20-29-35(30(34)21-38(45)47-33)37(44)41(36(29)43)28-14-16-40(17-15-28)22-25-8-5-4-6-9-25/h4-6,8-10,12,18-19,28-30,33,35,42,45H,3,7,11,13-17,20-23H2,1-2H3/b24-18+/t29-,30+,33-,35-/m1/s1. The van der Waals surface area contributed by atoms with E-state index < -0.39 is 30.9 Å². The first-order valence-corrected chi connectivity index (χ1v) is 17.1. The van der Waals surface area contributed by atoms with Crippen molar-refractivity contribution in [1.82, 2.24) is 9.80 Å². The fourth-order valence-corrected chi connectivity index (χ4v) is 8.39. The van der Waals surface area contributed by atoms with Crippen molar-refractivity contribution < 1.29 is 33.5 Å².